The molecule has 2 rings (SSSR count). The second-order valence-corrected chi connectivity index (χ2v) is 6.49. The highest BCUT2D eigenvalue weighted by atomic mass is 79.9. The number of aryl methyl sites for hydroxylation is 1. The fraction of sp³-hybridized carbons (Fsp3) is 0.583. The van der Waals surface area contributed by atoms with Crippen LogP contribution in [0, 0.1) is 6.92 Å². The summed E-state index contributed by atoms with van der Waals surface area (Å²) in [6, 6.07) is 4.08. The number of anilines is 1. The van der Waals surface area contributed by atoms with Crippen molar-refractivity contribution in [3.63, 3.8) is 0 Å². The molecule has 0 aromatic carbocycles. The summed E-state index contributed by atoms with van der Waals surface area (Å²) in [6.45, 7) is 3.05. The first-order valence-corrected chi connectivity index (χ1v) is 7.59. The van der Waals surface area contributed by atoms with E-state index in [2.05, 4.69) is 38.6 Å². The summed E-state index contributed by atoms with van der Waals surface area (Å²) < 4.78 is 1.53. The minimum Gasteiger partial charge on any atom is -0.369 e. The van der Waals surface area contributed by atoms with Crippen molar-refractivity contribution >= 4 is 33.5 Å². The summed E-state index contributed by atoms with van der Waals surface area (Å²) in [5.74, 6) is 0.987. The molecule has 2 nitrogen and oxygen atoms in total. The smallest absolute Gasteiger partial charge is 0.126 e. The van der Waals surface area contributed by atoms with Gasteiger partial charge in [0, 0.05) is 15.8 Å². The molecule has 88 valence electrons. The van der Waals surface area contributed by atoms with Crippen LogP contribution >= 0.6 is 27.7 Å². The molecule has 0 bridgehead atoms. The quantitative estimate of drug-likeness (QED) is 0.914. The summed E-state index contributed by atoms with van der Waals surface area (Å²) in [5.41, 5.74) is 1.04. The summed E-state index contributed by atoms with van der Waals surface area (Å²) in [4.78, 5) is 4.50. The standard InChI is InChI=1S/C12H17BrN2S/c1-9-10(13)4-5-11(15-9)14-8-12(16-2)6-3-7-12/h4-5H,3,6-8H2,1-2H3,(H,14,15). The van der Waals surface area contributed by atoms with E-state index in [0.717, 1.165) is 22.5 Å². The van der Waals surface area contributed by atoms with Crippen LogP contribution < -0.4 is 5.32 Å². The summed E-state index contributed by atoms with van der Waals surface area (Å²) in [6.07, 6.45) is 6.24. The van der Waals surface area contributed by atoms with Gasteiger partial charge >= 0.3 is 0 Å². The lowest BCUT2D eigenvalue weighted by molar-refractivity contribution is 0.379. The van der Waals surface area contributed by atoms with Gasteiger partial charge in [-0.05, 0) is 54.1 Å². The Labute approximate surface area is 110 Å². The third-order valence-corrected chi connectivity index (χ3v) is 5.57. The fourth-order valence-electron chi connectivity index (χ4n) is 1.92. The first kappa shape index (κ1) is 12.2. The van der Waals surface area contributed by atoms with E-state index in [-0.39, 0.29) is 0 Å². The number of halogens is 1. The molecule has 0 unspecified atom stereocenters. The largest absolute Gasteiger partial charge is 0.369 e. The maximum atomic E-state index is 4.50. The van der Waals surface area contributed by atoms with Crippen LogP contribution in [0.3, 0.4) is 0 Å². The van der Waals surface area contributed by atoms with Gasteiger partial charge in [-0.3, -0.25) is 0 Å². The van der Waals surface area contributed by atoms with E-state index >= 15 is 0 Å². The van der Waals surface area contributed by atoms with Crippen molar-refractivity contribution in [2.24, 2.45) is 0 Å². The molecule has 0 saturated heterocycles. The van der Waals surface area contributed by atoms with Gasteiger partial charge in [-0.15, -0.1) is 0 Å². The zero-order valence-corrected chi connectivity index (χ0v) is 12.1. The Balaban J connectivity index is 1.96. The monoisotopic (exact) mass is 300 g/mol. The normalized spacial score (nSPS) is 17.9. The Morgan fingerprint density at radius 3 is 2.75 bits per heavy atom. The second-order valence-electron chi connectivity index (χ2n) is 4.36. The molecule has 0 radical (unpaired) electrons. The highest BCUT2D eigenvalue weighted by Crippen LogP contribution is 2.42. The zero-order valence-electron chi connectivity index (χ0n) is 9.72. The van der Waals surface area contributed by atoms with Crippen molar-refractivity contribution in [3.05, 3.63) is 22.3 Å². The zero-order chi connectivity index (χ0) is 11.6. The van der Waals surface area contributed by atoms with Crippen LogP contribution in [0.15, 0.2) is 16.6 Å². The lowest BCUT2D eigenvalue weighted by Crippen LogP contribution is -2.40. The Bertz CT molecular complexity index is 372. The van der Waals surface area contributed by atoms with Gasteiger partial charge < -0.3 is 5.32 Å². The second kappa shape index (κ2) is 4.96. The molecule has 1 aromatic heterocycles. The Morgan fingerprint density at radius 1 is 1.50 bits per heavy atom. The molecule has 0 aliphatic heterocycles. The van der Waals surface area contributed by atoms with E-state index in [9.17, 15) is 0 Å². The number of pyridine rings is 1. The highest BCUT2D eigenvalue weighted by molar-refractivity contribution is 9.10. The van der Waals surface area contributed by atoms with E-state index in [1.165, 1.54) is 19.3 Å². The van der Waals surface area contributed by atoms with Gasteiger partial charge in [-0.25, -0.2) is 4.98 Å². The molecular formula is C12H17BrN2S. The molecule has 0 atom stereocenters. The van der Waals surface area contributed by atoms with E-state index in [1.54, 1.807) is 0 Å². The number of nitrogens with zero attached hydrogens (tertiary/aromatic N) is 1. The van der Waals surface area contributed by atoms with Gasteiger partial charge in [0.05, 0.1) is 5.69 Å². The maximum Gasteiger partial charge on any atom is 0.126 e. The minimum atomic E-state index is 0.461. The maximum absolute atomic E-state index is 4.50. The molecule has 0 amide bonds. The number of rotatable bonds is 4. The van der Waals surface area contributed by atoms with Crippen molar-refractivity contribution < 1.29 is 0 Å². The van der Waals surface area contributed by atoms with Gasteiger partial charge in [0.1, 0.15) is 5.82 Å². The van der Waals surface area contributed by atoms with Crippen LogP contribution in [-0.4, -0.2) is 22.5 Å². The fourth-order valence-corrected chi connectivity index (χ4v) is 3.05. The van der Waals surface area contributed by atoms with Crippen molar-refractivity contribution in [2.75, 3.05) is 18.1 Å². The third-order valence-electron chi connectivity index (χ3n) is 3.31. The van der Waals surface area contributed by atoms with Gasteiger partial charge in [0.25, 0.3) is 0 Å². The van der Waals surface area contributed by atoms with E-state index in [4.69, 9.17) is 0 Å². The number of hydrogen-bond acceptors (Lipinski definition) is 3. The molecule has 4 heteroatoms. The van der Waals surface area contributed by atoms with Crippen LogP contribution in [-0.2, 0) is 0 Å². The summed E-state index contributed by atoms with van der Waals surface area (Å²) >= 11 is 5.45. The molecular weight excluding hydrogens is 284 g/mol. The van der Waals surface area contributed by atoms with Crippen molar-refractivity contribution in [1.29, 1.82) is 0 Å². The lowest BCUT2D eigenvalue weighted by atomic mass is 9.84. The predicted molar refractivity (Wildman–Crippen MR) is 75.3 cm³/mol. The molecule has 0 spiro atoms. The molecule has 1 aromatic rings. The Kier molecular flexibility index (Phi) is 3.80. The number of hydrogen-bond donors (Lipinski definition) is 1. The lowest BCUT2D eigenvalue weighted by Gasteiger charge is -2.40. The van der Waals surface area contributed by atoms with Crippen molar-refractivity contribution in [3.8, 4) is 0 Å². The topological polar surface area (TPSA) is 24.9 Å². The van der Waals surface area contributed by atoms with Gasteiger partial charge in [-0.2, -0.15) is 11.8 Å². The van der Waals surface area contributed by atoms with Gasteiger partial charge in [0.15, 0.2) is 0 Å². The van der Waals surface area contributed by atoms with E-state index in [0.29, 0.717) is 4.75 Å². The molecule has 1 aliphatic rings. The SMILES string of the molecule is CSC1(CNc2ccc(Br)c(C)n2)CCC1. The average Bonchev–Trinajstić information content (AvgIpc) is 2.22. The van der Waals surface area contributed by atoms with E-state index < -0.39 is 0 Å². The predicted octanol–water partition coefficient (Wildman–Crippen LogP) is 3.85. The summed E-state index contributed by atoms with van der Waals surface area (Å²) in [5, 5.41) is 3.45. The van der Waals surface area contributed by atoms with Crippen molar-refractivity contribution in [1.82, 2.24) is 4.98 Å². The number of thioether (sulfide) groups is 1. The van der Waals surface area contributed by atoms with Crippen LogP contribution in [0.2, 0.25) is 0 Å². The van der Waals surface area contributed by atoms with Gasteiger partial charge in [-0.1, -0.05) is 6.42 Å². The first-order chi connectivity index (χ1) is 7.65. The Hall–Kier alpha value is -0.220. The minimum absolute atomic E-state index is 0.461. The molecule has 16 heavy (non-hydrogen) atoms. The third kappa shape index (κ3) is 2.54. The average molecular weight is 301 g/mol. The molecule has 1 N–H and O–H groups in total. The van der Waals surface area contributed by atoms with Crippen LogP contribution in [0.4, 0.5) is 5.82 Å². The Morgan fingerprint density at radius 2 is 2.25 bits per heavy atom. The molecule has 1 aliphatic carbocycles. The molecule has 1 heterocycles. The first-order valence-electron chi connectivity index (χ1n) is 5.57. The van der Waals surface area contributed by atoms with Crippen LogP contribution in [0.25, 0.3) is 0 Å². The number of nitrogens with one attached hydrogen (secondary N) is 1. The van der Waals surface area contributed by atoms with Gasteiger partial charge in [0.2, 0.25) is 0 Å². The van der Waals surface area contributed by atoms with Crippen LogP contribution in [0.1, 0.15) is 25.0 Å². The molecule has 1 saturated carbocycles. The number of aromatic nitrogens is 1. The van der Waals surface area contributed by atoms with E-state index in [1.807, 2.05) is 24.8 Å². The summed E-state index contributed by atoms with van der Waals surface area (Å²) in [7, 11) is 0. The van der Waals surface area contributed by atoms with Crippen LogP contribution in [0.5, 0.6) is 0 Å². The highest BCUT2D eigenvalue weighted by Gasteiger charge is 2.35. The van der Waals surface area contributed by atoms with Crippen molar-refractivity contribution in [2.45, 2.75) is 30.9 Å². The molecule has 1 fully saturated rings.